The molecule has 5 rings (SSSR count). The second-order valence-corrected chi connectivity index (χ2v) is 10.3. The van der Waals surface area contributed by atoms with Gasteiger partial charge in [-0.2, -0.15) is 5.10 Å². The Morgan fingerprint density at radius 2 is 2.11 bits per heavy atom. The van der Waals surface area contributed by atoms with E-state index in [2.05, 4.69) is 51.9 Å². The van der Waals surface area contributed by atoms with Gasteiger partial charge in [0, 0.05) is 11.9 Å². The first-order valence-corrected chi connectivity index (χ1v) is 10.8. The lowest BCUT2D eigenvalue weighted by molar-refractivity contribution is 0.218. The van der Waals surface area contributed by atoms with E-state index in [0.717, 1.165) is 33.5 Å². The fourth-order valence-corrected chi connectivity index (χ4v) is 5.86. The molecule has 1 unspecified atom stereocenters. The highest BCUT2D eigenvalue weighted by atomic mass is 79.9. The normalized spacial score (nSPS) is 17.7. The molecule has 4 heterocycles. The molecule has 0 aromatic carbocycles. The second kappa shape index (κ2) is 5.85. The van der Waals surface area contributed by atoms with Crippen LogP contribution >= 0.6 is 27.3 Å². The lowest BCUT2D eigenvalue weighted by atomic mass is 9.72. The number of rotatable bonds is 1. The van der Waals surface area contributed by atoms with Crippen LogP contribution in [0.3, 0.4) is 0 Å². The molecule has 0 spiro atoms. The summed E-state index contributed by atoms with van der Waals surface area (Å²) in [5.41, 5.74) is 3.54. The maximum absolute atomic E-state index is 4.88. The summed E-state index contributed by atoms with van der Waals surface area (Å²) in [6, 6.07) is 0. The number of nitrogens with zero attached hydrogens (tertiary/aromatic N) is 6. The van der Waals surface area contributed by atoms with Crippen molar-refractivity contribution in [1.29, 1.82) is 0 Å². The number of aromatic nitrogens is 6. The van der Waals surface area contributed by atoms with Gasteiger partial charge in [0.1, 0.15) is 16.9 Å². The first kappa shape index (κ1) is 17.3. The summed E-state index contributed by atoms with van der Waals surface area (Å²) in [6.45, 7) is 7.05. The Morgan fingerprint density at radius 3 is 2.81 bits per heavy atom. The molecule has 8 heteroatoms. The molecule has 1 atom stereocenters. The van der Waals surface area contributed by atoms with E-state index in [-0.39, 0.29) is 0 Å². The van der Waals surface area contributed by atoms with Gasteiger partial charge >= 0.3 is 0 Å². The third-order valence-corrected chi connectivity index (χ3v) is 7.46. The third kappa shape index (κ3) is 2.64. The van der Waals surface area contributed by atoms with E-state index in [4.69, 9.17) is 4.98 Å². The lowest BCUT2D eigenvalue weighted by Crippen LogP contribution is -2.26. The topological polar surface area (TPSA) is 60.9 Å². The predicted molar refractivity (Wildman–Crippen MR) is 111 cm³/mol. The van der Waals surface area contributed by atoms with Crippen LogP contribution in [0.4, 0.5) is 0 Å². The van der Waals surface area contributed by atoms with Gasteiger partial charge in [0.15, 0.2) is 5.65 Å². The SMILES string of the molecule is Cn1ncc(Br)c1-c1nc2c3c4c(sc3ncn2n1)CC(C(C)(C)C)CC4. The minimum Gasteiger partial charge on any atom is -0.263 e. The highest BCUT2D eigenvalue weighted by molar-refractivity contribution is 9.10. The lowest BCUT2D eigenvalue weighted by Gasteiger charge is -2.33. The quantitative estimate of drug-likeness (QED) is 0.428. The van der Waals surface area contributed by atoms with Crippen LogP contribution in [0.2, 0.25) is 0 Å². The summed E-state index contributed by atoms with van der Waals surface area (Å²) in [5.74, 6) is 1.38. The van der Waals surface area contributed by atoms with Crippen LogP contribution < -0.4 is 0 Å². The Bertz CT molecular complexity index is 1160. The van der Waals surface area contributed by atoms with Gasteiger partial charge in [0.05, 0.1) is 16.1 Å². The number of fused-ring (bicyclic) bond motifs is 5. The molecule has 27 heavy (non-hydrogen) atoms. The molecule has 0 bridgehead atoms. The van der Waals surface area contributed by atoms with Gasteiger partial charge in [0.2, 0.25) is 5.82 Å². The Morgan fingerprint density at radius 1 is 1.30 bits per heavy atom. The van der Waals surface area contributed by atoms with Gasteiger partial charge in [-0.25, -0.2) is 14.5 Å². The molecule has 0 amide bonds. The highest BCUT2D eigenvalue weighted by Crippen LogP contribution is 2.43. The van der Waals surface area contributed by atoms with E-state index < -0.39 is 0 Å². The van der Waals surface area contributed by atoms with Crippen molar-refractivity contribution >= 4 is 43.1 Å². The van der Waals surface area contributed by atoms with Gasteiger partial charge in [-0.3, -0.25) is 4.68 Å². The molecule has 4 aromatic heterocycles. The van der Waals surface area contributed by atoms with Gasteiger partial charge in [-0.15, -0.1) is 16.4 Å². The standard InChI is InChI=1S/C19H21BrN6S/c1-19(2,3)10-5-6-11-13(7-10)27-18-14(11)17-23-16(24-26(17)9-21-18)15-12(20)8-22-25(15)4/h8-10H,5-7H2,1-4H3. The second-order valence-electron chi connectivity index (χ2n) is 8.40. The Balaban J connectivity index is 1.69. The predicted octanol–water partition coefficient (Wildman–Crippen LogP) is 4.65. The summed E-state index contributed by atoms with van der Waals surface area (Å²) in [6.07, 6.45) is 7.00. The number of hydrogen-bond acceptors (Lipinski definition) is 5. The first-order valence-electron chi connectivity index (χ1n) is 9.16. The Labute approximate surface area is 169 Å². The zero-order valence-electron chi connectivity index (χ0n) is 15.8. The first-order chi connectivity index (χ1) is 12.8. The molecule has 0 N–H and O–H groups in total. The van der Waals surface area contributed by atoms with Crippen LogP contribution in [0.25, 0.3) is 27.4 Å². The van der Waals surface area contributed by atoms with E-state index >= 15 is 0 Å². The number of hydrogen-bond donors (Lipinski definition) is 0. The molecule has 1 aliphatic carbocycles. The molecular weight excluding hydrogens is 424 g/mol. The molecule has 6 nitrogen and oxygen atoms in total. The highest BCUT2D eigenvalue weighted by Gasteiger charge is 2.32. The van der Waals surface area contributed by atoms with Crippen LogP contribution in [0.15, 0.2) is 17.0 Å². The van der Waals surface area contributed by atoms with E-state index in [1.54, 1.807) is 21.7 Å². The maximum Gasteiger partial charge on any atom is 0.201 e. The van der Waals surface area contributed by atoms with Crippen molar-refractivity contribution in [3.63, 3.8) is 0 Å². The summed E-state index contributed by atoms with van der Waals surface area (Å²) in [7, 11) is 1.90. The van der Waals surface area contributed by atoms with Crippen molar-refractivity contribution in [2.75, 3.05) is 0 Å². The monoisotopic (exact) mass is 444 g/mol. The van der Waals surface area contributed by atoms with Crippen molar-refractivity contribution in [2.24, 2.45) is 18.4 Å². The van der Waals surface area contributed by atoms with Gasteiger partial charge in [-0.05, 0) is 52.1 Å². The van der Waals surface area contributed by atoms with E-state index in [9.17, 15) is 0 Å². The van der Waals surface area contributed by atoms with Gasteiger partial charge in [-0.1, -0.05) is 20.8 Å². The Hall–Kier alpha value is -1.80. The summed E-state index contributed by atoms with van der Waals surface area (Å²) >= 11 is 5.38. The van der Waals surface area contributed by atoms with Crippen molar-refractivity contribution in [3.8, 4) is 11.5 Å². The molecule has 4 aromatic rings. The fourth-order valence-electron chi connectivity index (χ4n) is 4.08. The number of aryl methyl sites for hydroxylation is 2. The number of thiophene rings is 1. The molecule has 0 aliphatic heterocycles. The van der Waals surface area contributed by atoms with Crippen LogP contribution in [0.5, 0.6) is 0 Å². The van der Waals surface area contributed by atoms with Crippen molar-refractivity contribution in [1.82, 2.24) is 29.4 Å². The van der Waals surface area contributed by atoms with Crippen molar-refractivity contribution in [2.45, 2.75) is 40.0 Å². The molecule has 1 aliphatic rings. The van der Waals surface area contributed by atoms with Gasteiger partial charge in [0.25, 0.3) is 0 Å². The molecule has 0 fully saturated rings. The Kier molecular flexibility index (Phi) is 3.75. The maximum atomic E-state index is 4.88. The summed E-state index contributed by atoms with van der Waals surface area (Å²) < 4.78 is 4.49. The fraction of sp³-hybridized carbons (Fsp3) is 0.474. The van der Waals surface area contributed by atoms with Crippen LogP contribution in [-0.4, -0.2) is 29.4 Å². The average Bonchev–Trinajstić information content (AvgIpc) is 3.27. The number of halogens is 1. The smallest absolute Gasteiger partial charge is 0.201 e. The van der Waals surface area contributed by atoms with Crippen molar-refractivity contribution < 1.29 is 0 Å². The average molecular weight is 445 g/mol. The van der Waals surface area contributed by atoms with E-state index in [1.165, 1.54) is 22.2 Å². The molecule has 140 valence electrons. The van der Waals surface area contributed by atoms with Gasteiger partial charge < -0.3 is 0 Å². The molecule has 0 saturated heterocycles. The van der Waals surface area contributed by atoms with E-state index in [1.807, 2.05) is 18.4 Å². The zero-order chi connectivity index (χ0) is 18.9. The molecule has 0 radical (unpaired) electrons. The largest absolute Gasteiger partial charge is 0.263 e. The minimum atomic E-state index is 0.338. The van der Waals surface area contributed by atoms with Crippen LogP contribution in [-0.2, 0) is 19.9 Å². The molecule has 0 saturated carbocycles. The third-order valence-electron chi connectivity index (χ3n) is 5.72. The summed E-state index contributed by atoms with van der Waals surface area (Å²) in [4.78, 5) is 12.1. The zero-order valence-corrected chi connectivity index (χ0v) is 18.2. The molecular formula is C19H21BrN6S. The minimum absolute atomic E-state index is 0.338. The summed E-state index contributed by atoms with van der Waals surface area (Å²) in [5, 5.41) is 10.1. The van der Waals surface area contributed by atoms with Crippen LogP contribution in [0, 0.1) is 11.3 Å². The van der Waals surface area contributed by atoms with Crippen LogP contribution in [0.1, 0.15) is 37.6 Å². The van der Waals surface area contributed by atoms with E-state index in [0.29, 0.717) is 17.2 Å². The van der Waals surface area contributed by atoms with Crippen molar-refractivity contribution in [3.05, 3.63) is 27.4 Å².